The highest BCUT2D eigenvalue weighted by molar-refractivity contribution is 5.42. The van der Waals surface area contributed by atoms with E-state index in [2.05, 4.69) is 36.5 Å². The molecule has 3 heteroatoms. The molecule has 96 valence electrons. The van der Waals surface area contributed by atoms with Crippen molar-refractivity contribution < 1.29 is 9.47 Å². The van der Waals surface area contributed by atoms with Gasteiger partial charge in [-0.15, -0.1) is 0 Å². The quantitative estimate of drug-likeness (QED) is 0.884. The van der Waals surface area contributed by atoms with Crippen LogP contribution in [0.5, 0.6) is 5.75 Å². The average molecular weight is 245 g/mol. The number of ether oxygens (including phenoxy) is 2. The summed E-state index contributed by atoms with van der Waals surface area (Å²) in [6, 6.07) is 6.65. The predicted molar refractivity (Wildman–Crippen MR) is 70.7 cm³/mol. The summed E-state index contributed by atoms with van der Waals surface area (Å²) in [5.41, 5.74) is 2.59. The molecular formula is C15H19NO2. The minimum atomic E-state index is 0.184. The second-order valence-corrected chi connectivity index (χ2v) is 4.70. The van der Waals surface area contributed by atoms with Gasteiger partial charge in [0.1, 0.15) is 11.5 Å². The van der Waals surface area contributed by atoms with E-state index in [1.165, 1.54) is 11.1 Å². The van der Waals surface area contributed by atoms with Crippen LogP contribution in [0.4, 0.5) is 0 Å². The third-order valence-electron chi connectivity index (χ3n) is 3.47. The lowest BCUT2D eigenvalue weighted by atomic mass is 10.0. The highest BCUT2D eigenvalue weighted by Crippen LogP contribution is 2.32. The van der Waals surface area contributed by atoms with Crippen molar-refractivity contribution >= 4 is 0 Å². The molecule has 0 fully saturated rings. The van der Waals surface area contributed by atoms with Gasteiger partial charge in [-0.25, -0.2) is 0 Å². The summed E-state index contributed by atoms with van der Waals surface area (Å²) in [4.78, 5) is 0. The molecule has 1 atom stereocenters. The Balaban J connectivity index is 1.89. The fraction of sp³-hybridized carbons (Fsp3) is 0.467. The first kappa shape index (κ1) is 11.6. The molecule has 0 spiro atoms. The third-order valence-corrected chi connectivity index (χ3v) is 3.47. The second-order valence-electron chi connectivity index (χ2n) is 4.70. The summed E-state index contributed by atoms with van der Waals surface area (Å²) in [5, 5.41) is 3.50. The number of nitrogens with one attached hydrogen (secondary N) is 1. The van der Waals surface area contributed by atoms with E-state index in [1.54, 1.807) is 0 Å². The monoisotopic (exact) mass is 245 g/mol. The molecule has 2 aliphatic heterocycles. The molecule has 0 aliphatic carbocycles. The van der Waals surface area contributed by atoms with Gasteiger partial charge in [-0.1, -0.05) is 13.0 Å². The number of hydrogen-bond donors (Lipinski definition) is 1. The predicted octanol–water partition coefficient (Wildman–Crippen LogP) is 2.58. The summed E-state index contributed by atoms with van der Waals surface area (Å²) in [6.07, 6.45) is 4.23. The Kier molecular flexibility index (Phi) is 3.24. The average Bonchev–Trinajstić information content (AvgIpc) is 3.05. The topological polar surface area (TPSA) is 30.5 Å². The number of hydrogen-bond acceptors (Lipinski definition) is 3. The van der Waals surface area contributed by atoms with Gasteiger partial charge in [-0.2, -0.15) is 0 Å². The fourth-order valence-electron chi connectivity index (χ4n) is 2.61. The minimum Gasteiger partial charge on any atom is -0.496 e. The van der Waals surface area contributed by atoms with E-state index in [4.69, 9.17) is 9.47 Å². The standard InChI is InChI=1S/C15H19NO2/c1-2-16-15(14-4-3-8-17-14)12-5-6-13-11(10-12)7-9-18-13/h4-6,10,15-16H,2-3,7-9H2,1H3. The van der Waals surface area contributed by atoms with Crippen LogP contribution in [0.1, 0.15) is 30.5 Å². The van der Waals surface area contributed by atoms with Crippen molar-refractivity contribution in [2.24, 2.45) is 0 Å². The van der Waals surface area contributed by atoms with Gasteiger partial charge in [0, 0.05) is 12.8 Å². The van der Waals surface area contributed by atoms with Crippen molar-refractivity contribution in [1.29, 1.82) is 0 Å². The van der Waals surface area contributed by atoms with E-state index in [9.17, 15) is 0 Å². The zero-order valence-electron chi connectivity index (χ0n) is 10.7. The Bertz CT molecular complexity index is 468. The molecule has 18 heavy (non-hydrogen) atoms. The highest BCUT2D eigenvalue weighted by atomic mass is 16.5. The molecule has 1 unspecified atom stereocenters. The van der Waals surface area contributed by atoms with Crippen molar-refractivity contribution in [3.05, 3.63) is 41.2 Å². The van der Waals surface area contributed by atoms with Crippen LogP contribution in [-0.4, -0.2) is 19.8 Å². The van der Waals surface area contributed by atoms with Crippen LogP contribution >= 0.6 is 0 Å². The van der Waals surface area contributed by atoms with Gasteiger partial charge < -0.3 is 14.8 Å². The van der Waals surface area contributed by atoms with Gasteiger partial charge in [-0.05, 0) is 35.9 Å². The van der Waals surface area contributed by atoms with Crippen molar-refractivity contribution in [1.82, 2.24) is 5.32 Å². The molecule has 1 N–H and O–H groups in total. The largest absolute Gasteiger partial charge is 0.496 e. The summed E-state index contributed by atoms with van der Waals surface area (Å²) in [5.74, 6) is 2.10. The van der Waals surface area contributed by atoms with Crippen LogP contribution in [0, 0.1) is 0 Å². The van der Waals surface area contributed by atoms with Gasteiger partial charge in [0.2, 0.25) is 0 Å². The SMILES string of the molecule is CCNC(C1=CCCO1)c1ccc2c(c1)CCO2. The minimum absolute atomic E-state index is 0.184. The zero-order chi connectivity index (χ0) is 12.4. The third kappa shape index (κ3) is 2.10. The van der Waals surface area contributed by atoms with Gasteiger partial charge in [-0.3, -0.25) is 0 Å². The number of fused-ring (bicyclic) bond motifs is 1. The maximum atomic E-state index is 5.71. The van der Waals surface area contributed by atoms with Crippen LogP contribution in [0.3, 0.4) is 0 Å². The molecule has 0 aromatic heterocycles. The second kappa shape index (κ2) is 5.02. The van der Waals surface area contributed by atoms with Gasteiger partial charge in [0.05, 0.1) is 19.3 Å². The molecule has 0 bridgehead atoms. The van der Waals surface area contributed by atoms with Crippen LogP contribution in [0.25, 0.3) is 0 Å². The molecule has 3 rings (SSSR count). The van der Waals surface area contributed by atoms with Crippen LogP contribution in [0.2, 0.25) is 0 Å². The van der Waals surface area contributed by atoms with Crippen molar-refractivity contribution in [2.45, 2.75) is 25.8 Å². The molecule has 0 saturated carbocycles. The summed E-state index contributed by atoms with van der Waals surface area (Å²) in [7, 11) is 0. The highest BCUT2D eigenvalue weighted by Gasteiger charge is 2.22. The van der Waals surface area contributed by atoms with Gasteiger partial charge in [0.15, 0.2) is 0 Å². The van der Waals surface area contributed by atoms with E-state index in [-0.39, 0.29) is 6.04 Å². The fourth-order valence-corrected chi connectivity index (χ4v) is 2.61. The normalized spacial score (nSPS) is 18.8. The van der Waals surface area contributed by atoms with Gasteiger partial charge >= 0.3 is 0 Å². The summed E-state index contributed by atoms with van der Waals surface area (Å²) < 4.78 is 11.3. The Labute approximate surface area is 108 Å². The van der Waals surface area contributed by atoms with E-state index in [0.29, 0.717) is 0 Å². The lowest BCUT2D eigenvalue weighted by Crippen LogP contribution is -2.23. The van der Waals surface area contributed by atoms with Crippen molar-refractivity contribution in [3.8, 4) is 5.75 Å². The van der Waals surface area contributed by atoms with Crippen LogP contribution in [-0.2, 0) is 11.2 Å². The van der Waals surface area contributed by atoms with E-state index in [1.807, 2.05) is 0 Å². The lowest BCUT2D eigenvalue weighted by molar-refractivity contribution is 0.216. The molecular weight excluding hydrogens is 226 g/mol. The Hall–Kier alpha value is -1.48. The van der Waals surface area contributed by atoms with Crippen LogP contribution < -0.4 is 10.1 Å². The molecule has 3 nitrogen and oxygen atoms in total. The molecule has 1 aromatic rings. The summed E-state index contributed by atoms with van der Waals surface area (Å²) >= 11 is 0. The molecule has 0 amide bonds. The number of likely N-dealkylation sites (N-methyl/N-ethyl adjacent to an activating group) is 1. The lowest BCUT2D eigenvalue weighted by Gasteiger charge is -2.20. The molecule has 2 heterocycles. The Morgan fingerprint density at radius 3 is 3.00 bits per heavy atom. The van der Waals surface area contributed by atoms with Crippen LogP contribution in [0.15, 0.2) is 30.0 Å². The first-order valence-electron chi connectivity index (χ1n) is 6.70. The zero-order valence-corrected chi connectivity index (χ0v) is 10.7. The van der Waals surface area contributed by atoms with Gasteiger partial charge in [0.25, 0.3) is 0 Å². The smallest absolute Gasteiger partial charge is 0.122 e. The van der Waals surface area contributed by atoms with Crippen molar-refractivity contribution in [3.63, 3.8) is 0 Å². The number of benzene rings is 1. The first-order chi connectivity index (χ1) is 8.88. The molecule has 1 aromatic carbocycles. The van der Waals surface area contributed by atoms with E-state index < -0.39 is 0 Å². The Morgan fingerprint density at radius 2 is 2.22 bits per heavy atom. The number of rotatable bonds is 4. The van der Waals surface area contributed by atoms with Crippen molar-refractivity contribution in [2.75, 3.05) is 19.8 Å². The molecule has 0 radical (unpaired) electrons. The Morgan fingerprint density at radius 1 is 1.28 bits per heavy atom. The summed E-state index contributed by atoms with van der Waals surface area (Å²) in [6.45, 7) is 4.67. The molecule has 2 aliphatic rings. The maximum Gasteiger partial charge on any atom is 0.122 e. The molecule has 0 saturated heterocycles. The van der Waals surface area contributed by atoms with E-state index >= 15 is 0 Å². The first-order valence-corrected chi connectivity index (χ1v) is 6.70. The maximum absolute atomic E-state index is 5.71. The van der Waals surface area contributed by atoms with E-state index in [0.717, 1.165) is 44.1 Å².